The summed E-state index contributed by atoms with van der Waals surface area (Å²) >= 11 is 1.86. The lowest BCUT2D eigenvalue weighted by Gasteiger charge is -2.33. The van der Waals surface area contributed by atoms with E-state index in [1.807, 2.05) is 23.5 Å². The van der Waals surface area contributed by atoms with E-state index in [1.54, 1.807) is 0 Å². The van der Waals surface area contributed by atoms with Crippen LogP contribution < -0.4 is 30.8 Å². The van der Waals surface area contributed by atoms with Crippen LogP contribution in [0.4, 0.5) is 17.1 Å². The Hall–Kier alpha value is -5.78. The zero-order valence-corrected chi connectivity index (χ0v) is 29.5. The van der Waals surface area contributed by atoms with Gasteiger partial charge in [0.25, 0.3) is 6.71 Å². The van der Waals surface area contributed by atoms with E-state index in [1.165, 1.54) is 42.3 Å². The summed E-state index contributed by atoms with van der Waals surface area (Å²) in [6.07, 6.45) is 0. The molecule has 0 bridgehead atoms. The molecule has 3 nitrogen and oxygen atoms in total. The molecule has 0 unspecified atom stereocenters. The number of anilines is 3. The average molecular weight is 676 g/mol. The second-order valence-electron chi connectivity index (χ2n) is 14.5. The van der Waals surface area contributed by atoms with Gasteiger partial charge in [-0.2, -0.15) is 0 Å². The van der Waals surface area contributed by atoms with Crippen molar-refractivity contribution in [1.29, 1.82) is 0 Å². The first-order chi connectivity index (χ1) is 24.9. The minimum Gasteiger partial charge on any atom is -0.458 e. The summed E-state index contributed by atoms with van der Waals surface area (Å²) in [6, 6.07) is 54.4. The molecule has 2 aliphatic heterocycles. The number of hydrogen-bond acceptors (Lipinski definition) is 4. The van der Waals surface area contributed by atoms with Crippen LogP contribution in [0.25, 0.3) is 31.3 Å². The Kier molecular flexibility index (Phi) is 6.71. The lowest BCUT2D eigenvalue weighted by atomic mass is 9.35. The molecule has 0 saturated carbocycles. The fraction of sp³-hybridized carbons (Fsp3) is 0.0870. The highest BCUT2D eigenvalue weighted by molar-refractivity contribution is 7.26. The molecule has 0 radical (unpaired) electrons. The summed E-state index contributed by atoms with van der Waals surface area (Å²) in [5.41, 5.74) is 10.4. The normalized spacial score (nSPS) is 12.9. The number of fused-ring (bicyclic) bond motifs is 7. The van der Waals surface area contributed by atoms with Crippen molar-refractivity contribution in [3.05, 3.63) is 157 Å². The molecule has 0 fully saturated rings. The first-order valence-electron chi connectivity index (χ1n) is 17.5. The van der Waals surface area contributed by atoms with Gasteiger partial charge in [-0.15, -0.1) is 11.3 Å². The van der Waals surface area contributed by atoms with Gasteiger partial charge in [0.15, 0.2) is 0 Å². The van der Waals surface area contributed by atoms with Gasteiger partial charge in [-0.1, -0.05) is 112 Å². The van der Waals surface area contributed by atoms with Crippen molar-refractivity contribution < 1.29 is 9.47 Å². The number of thiophene rings is 1. The second kappa shape index (κ2) is 11.4. The molecular weight excluding hydrogens is 641 g/mol. The highest BCUT2D eigenvalue weighted by Gasteiger charge is 2.40. The molecule has 0 saturated heterocycles. The number of rotatable bonds is 4. The van der Waals surface area contributed by atoms with E-state index in [0.717, 1.165) is 51.0 Å². The standard InChI is InChI=1S/C46H34BNO2S/c1-46(2,3)31-21-25-33(26-22-31)48(38-15-10-12-35-34-11-4-9-18-43(34)51-45(35)38)32-23-19-29(20-24-32)30-27-41-44-42(28-30)50-40-17-8-6-14-37(40)47(44)36-13-5-7-16-39(36)49-41/h4-28H,1-3H3. The van der Waals surface area contributed by atoms with Gasteiger partial charge in [-0.3, -0.25) is 0 Å². The summed E-state index contributed by atoms with van der Waals surface area (Å²) in [5, 5.41) is 2.58. The smallest absolute Gasteiger partial charge is 0.260 e. The first kappa shape index (κ1) is 30.1. The van der Waals surface area contributed by atoms with E-state index < -0.39 is 0 Å². The Bertz CT molecular complexity index is 2570. The fourth-order valence-corrected chi connectivity index (χ4v) is 9.02. The lowest BCUT2D eigenvalue weighted by molar-refractivity contribution is 0.465. The third-order valence-electron chi connectivity index (χ3n) is 10.4. The van der Waals surface area contributed by atoms with Crippen LogP contribution >= 0.6 is 11.3 Å². The molecule has 0 spiro atoms. The highest BCUT2D eigenvalue weighted by Crippen LogP contribution is 2.46. The summed E-state index contributed by atoms with van der Waals surface area (Å²) in [5.74, 6) is 3.49. The molecule has 7 aromatic carbocycles. The minimum absolute atomic E-state index is 0.0659. The largest absolute Gasteiger partial charge is 0.458 e. The molecule has 3 heterocycles. The van der Waals surface area contributed by atoms with Crippen molar-refractivity contribution in [2.24, 2.45) is 0 Å². The van der Waals surface area contributed by atoms with Crippen LogP contribution in [0, 0.1) is 0 Å². The van der Waals surface area contributed by atoms with Crippen molar-refractivity contribution in [1.82, 2.24) is 0 Å². The van der Waals surface area contributed by atoms with E-state index >= 15 is 0 Å². The van der Waals surface area contributed by atoms with E-state index in [2.05, 4.69) is 165 Å². The molecule has 0 amide bonds. The van der Waals surface area contributed by atoms with Crippen LogP contribution in [0.3, 0.4) is 0 Å². The molecule has 0 aliphatic carbocycles. The van der Waals surface area contributed by atoms with E-state index in [4.69, 9.17) is 9.47 Å². The Morgan fingerprint density at radius 2 is 1.10 bits per heavy atom. The van der Waals surface area contributed by atoms with Crippen LogP contribution in [0.5, 0.6) is 23.0 Å². The van der Waals surface area contributed by atoms with E-state index in [0.29, 0.717) is 0 Å². The molecule has 2 aliphatic rings. The average Bonchev–Trinajstić information content (AvgIpc) is 3.54. The zero-order valence-electron chi connectivity index (χ0n) is 28.7. The molecule has 244 valence electrons. The summed E-state index contributed by atoms with van der Waals surface area (Å²) in [4.78, 5) is 2.40. The molecular formula is C46H34BNO2S. The Balaban J connectivity index is 1.09. The summed E-state index contributed by atoms with van der Waals surface area (Å²) in [7, 11) is 0. The molecule has 0 atom stereocenters. The SMILES string of the molecule is CC(C)(C)c1ccc(N(c2ccc(-c3cc4c5c(c3)Oc3ccccc3B5c3ccccc3O4)cc2)c2cccc3c2sc2ccccc23)cc1. The Morgan fingerprint density at radius 3 is 1.75 bits per heavy atom. The lowest BCUT2D eigenvalue weighted by Crippen LogP contribution is -2.57. The molecule has 0 N–H and O–H groups in total. The quantitative estimate of drug-likeness (QED) is 0.173. The zero-order chi connectivity index (χ0) is 34.3. The number of para-hydroxylation sites is 2. The first-order valence-corrected chi connectivity index (χ1v) is 18.4. The van der Waals surface area contributed by atoms with Crippen molar-refractivity contribution in [3.63, 3.8) is 0 Å². The molecule has 51 heavy (non-hydrogen) atoms. The van der Waals surface area contributed by atoms with Gasteiger partial charge in [0.1, 0.15) is 23.0 Å². The maximum absolute atomic E-state index is 6.59. The van der Waals surface area contributed by atoms with Crippen molar-refractivity contribution in [2.45, 2.75) is 26.2 Å². The third kappa shape index (κ3) is 4.87. The number of hydrogen-bond donors (Lipinski definition) is 0. The van der Waals surface area contributed by atoms with E-state index in [9.17, 15) is 0 Å². The van der Waals surface area contributed by atoms with Crippen LogP contribution in [0.2, 0.25) is 0 Å². The van der Waals surface area contributed by atoms with Crippen LogP contribution in [0.15, 0.2) is 152 Å². The predicted octanol–water partition coefficient (Wildman–Crippen LogP) is 11.2. The Morgan fingerprint density at radius 1 is 0.529 bits per heavy atom. The maximum atomic E-state index is 6.59. The van der Waals surface area contributed by atoms with Crippen molar-refractivity contribution in [3.8, 4) is 34.1 Å². The topological polar surface area (TPSA) is 21.7 Å². The van der Waals surface area contributed by atoms with Crippen LogP contribution in [0.1, 0.15) is 26.3 Å². The maximum Gasteiger partial charge on any atom is 0.260 e. The Labute approximate surface area is 302 Å². The third-order valence-corrected chi connectivity index (χ3v) is 11.6. The summed E-state index contributed by atoms with van der Waals surface area (Å²) < 4.78 is 15.8. The van der Waals surface area contributed by atoms with Gasteiger partial charge in [0.05, 0.1) is 10.4 Å². The monoisotopic (exact) mass is 675 g/mol. The predicted molar refractivity (Wildman–Crippen MR) is 216 cm³/mol. The van der Waals surface area contributed by atoms with Gasteiger partial charge in [0, 0.05) is 32.3 Å². The molecule has 1 aromatic heterocycles. The molecule has 10 rings (SSSR count). The fourth-order valence-electron chi connectivity index (χ4n) is 7.81. The second-order valence-corrected chi connectivity index (χ2v) is 15.6. The van der Waals surface area contributed by atoms with Crippen LogP contribution in [-0.4, -0.2) is 6.71 Å². The number of nitrogens with zero attached hydrogens (tertiary/aromatic N) is 1. The minimum atomic E-state index is 0.0659. The number of benzene rings is 7. The van der Waals surface area contributed by atoms with Gasteiger partial charge < -0.3 is 14.4 Å². The van der Waals surface area contributed by atoms with Gasteiger partial charge in [-0.25, -0.2) is 0 Å². The summed E-state index contributed by atoms with van der Waals surface area (Å²) in [6.45, 7) is 6.85. The highest BCUT2D eigenvalue weighted by atomic mass is 32.1. The van der Waals surface area contributed by atoms with Crippen LogP contribution in [-0.2, 0) is 5.41 Å². The molecule has 5 heteroatoms. The van der Waals surface area contributed by atoms with Gasteiger partial charge in [0.2, 0.25) is 0 Å². The van der Waals surface area contributed by atoms with Gasteiger partial charge >= 0.3 is 0 Å². The van der Waals surface area contributed by atoms with Crippen molar-refractivity contribution in [2.75, 3.05) is 4.90 Å². The molecule has 8 aromatic rings. The number of ether oxygens (including phenoxy) is 2. The van der Waals surface area contributed by atoms with Crippen molar-refractivity contribution >= 4 is 71.7 Å². The van der Waals surface area contributed by atoms with Gasteiger partial charge in [-0.05, 0) is 93.7 Å². The van der Waals surface area contributed by atoms with E-state index in [-0.39, 0.29) is 12.1 Å².